The highest BCUT2D eigenvalue weighted by atomic mass is 35.5. The maximum atomic E-state index is 11.4. The van der Waals surface area contributed by atoms with Crippen LogP contribution in [0.3, 0.4) is 0 Å². The highest BCUT2D eigenvalue weighted by Gasteiger charge is 2.46. The van der Waals surface area contributed by atoms with Crippen LogP contribution in [-0.2, 0) is 9.53 Å². The van der Waals surface area contributed by atoms with Gasteiger partial charge in [0.05, 0.1) is 12.0 Å². The Hall–Kier alpha value is -0.540. The smallest absolute Gasteiger partial charge is 0.314 e. The highest BCUT2D eigenvalue weighted by Crippen LogP contribution is 2.44. The maximum absolute atomic E-state index is 11.4. The molecule has 0 bridgehead atoms. The first-order chi connectivity index (χ1) is 5.64. The van der Waals surface area contributed by atoms with E-state index in [9.17, 15) is 4.79 Å². The average Bonchev–Trinajstić information content (AvgIpc) is 1.98. The number of halogens is 1. The molecule has 0 aromatic carbocycles. The van der Waals surface area contributed by atoms with Crippen LogP contribution in [0.1, 0.15) is 19.8 Å². The van der Waals surface area contributed by atoms with Crippen LogP contribution in [0.15, 0.2) is 12.2 Å². The predicted octanol–water partition coefficient (Wildman–Crippen LogP) is 1.27. The molecule has 2 N–H and O–H groups in total. The van der Waals surface area contributed by atoms with Crippen LogP contribution in [0.25, 0.3) is 0 Å². The number of hydrogen-bond acceptors (Lipinski definition) is 3. The second kappa shape index (κ2) is 4.63. The Balaban J connectivity index is 0.00000144. The summed E-state index contributed by atoms with van der Waals surface area (Å²) in [7, 11) is 0. The normalized spacial score (nSPS) is 18.5. The predicted molar refractivity (Wildman–Crippen MR) is 53.7 cm³/mol. The van der Waals surface area contributed by atoms with Crippen molar-refractivity contribution in [2.24, 2.45) is 11.1 Å². The number of ether oxygens (including phenoxy) is 1. The summed E-state index contributed by atoms with van der Waals surface area (Å²) >= 11 is 0. The Bertz CT molecular complexity index is 208. The van der Waals surface area contributed by atoms with Crippen molar-refractivity contribution < 1.29 is 9.53 Å². The lowest BCUT2D eigenvalue weighted by molar-refractivity contribution is -0.157. The van der Waals surface area contributed by atoms with Crippen molar-refractivity contribution in [2.75, 3.05) is 13.2 Å². The van der Waals surface area contributed by atoms with E-state index in [0.29, 0.717) is 26.0 Å². The summed E-state index contributed by atoms with van der Waals surface area (Å²) in [5.41, 5.74) is 6.17. The summed E-state index contributed by atoms with van der Waals surface area (Å²) < 4.78 is 4.93. The third kappa shape index (κ3) is 2.23. The van der Waals surface area contributed by atoms with Crippen LogP contribution in [0, 0.1) is 5.41 Å². The molecule has 0 radical (unpaired) electrons. The van der Waals surface area contributed by atoms with Crippen molar-refractivity contribution in [3.05, 3.63) is 12.2 Å². The Kier molecular flexibility index (Phi) is 4.44. The van der Waals surface area contributed by atoms with Gasteiger partial charge in [0, 0.05) is 6.54 Å². The molecule has 1 saturated carbocycles. The van der Waals surface area contributed by atoms with E-state index < -0.39 is 5.41 Å². The van der Waals surface area contributed by atoms with Crippen molar-refractivity contribution in [3.8, 4) is 0 Å². The van der Waals surface area contributed by atoms with Crippen LogP contribution in [0.5, 0.6) is 0 Å². The highest BCUT2D eigenvalue weighted by molar-refractivity contribution is 5.85. The summed E-state index contributed by atoms with van der Waals surface area (Å²) in [6.07, 6.45) is 1.39. The molecule has 1 rings (SSSR count). The molecule has 1 aliphatic carbocycles. The van der Waals surface area contributed by atoms with Crippen molar-refractivity contribution >= 4 is 18.4 Å². The van der Waals surface area contributed by atoms with Crippen LogP contribution in [0.4, 0.5) is 0 Å². The number of rotatable bonds is 3. The van der Waals surface area contributed by atoms with E-state index in [-0.39, 0.29) is 18.4 Å². The van der Waals surface area contributed by atoms with Gasteiger partial charge >= 0.3 is 5.97 Å². The molecule has 1 fully saturated rings. The molecule has 0 spiro atoms. The first-order valence-electron chi connectivity index (χ1n) is 4.18. The fraction of sp³-hybridized carbons (Fsp3) is 0.667. The third-order valence-electron chi connectivity index (χ3n) is 2.28. The monoisotopic (exact) mass is 205 g/mol. The Morgan fingerprint density at radius 2 is 2.23 bits per heavy atom. The van der Waals surface area contributed by atoms with Crippen LogP contribution < -0.4 is 5.73 Å². The molecule has 0 atom stereocenters. The SMILES string of the molecule is C=C1CC(CN)(C(=O)OCC)C1.Cl. The zero-order valence-electron chi connectivity index (χ0n) is 7.84. The van der Waals surface area contributed by atoms with Gasteiger partial charge in [-0.2, -0.15) is 0 Å². The minimum Gasteiger partial charge on any atom is -0.466 e. The van der Waals surface area contributed by atoms with Gasteiger partial charge in [-0.25, -0.2) is 0 Å². The maximum Gasteiger partial charge on any atom is 0.314 e. The summed E-state index contributed by atoms with van der Waals surface area (Å²) in [6.45, 7) is 6.37. The van der Waals surface area contributed by atoms with Crippen molar-refractivity contribution in [2.45, 2.75) is 19.8 Å². The van der Waals surface area contributed by atoms with E-state index in [4.69, 9.17) is 10.5 Å². The van der Waals surface area contributed by atoms with Gasteiger partial charge in [0.2, 0.25) is 0 Å². The molecule has 13 heavy (non-hydrogen) atoms. The zero-order valence-corrected chi connectivity index (χ0v) is 8.65. The first-order valence-corrected chi connectivity index (χ1v) is 4.18. The second-order valence-corrected chi connectivity index (χ2v) is 3.31. The van der Waals surface area contributed by atoms with Gasteiger partial charge in [-0.05, 0) is 19.8 Å². The van der Waals surface area contributed by atoms with E-state index >= 15 is 0 Å². The van der Waals surface area contributed by atoms with Gasteiger partial charge in [0.15, 0.2) is 0 Å². The molecule has 3 nitrogen and oxygen atoms in total. The van der Waals surface area contributed by atoms with Gasteiger partial charge in [0.1, 0.15) is 0 Å². The summed E-state index contributed by atoms with van der Waals surface area (Å²) in [5.74, 6) is -0.167. The molecule has 0 amide bonds. The van der Waals surface area contributed by atoms with E-state index in [1.165, 1.54) is 0 Å². The number of carbonyl (C=O) groups excluding carboxylic acids is 1. The molecule has 0 aromatic heterocycles. The van der Waals surface area contributed by atoms with Crippen LogP contribution in [-0.4, -0.2) is 19.1 Å². The van der Waals surface area contributed by atoms with E-state index in [2.05, 4.69) is 6.58 Å². The first kappa shape index (κ1) is 12.5. The lowest BCUT2D eigenvalue weighted by Crippen LogP contribution is -2.46. The quantitative estimate of drug-likeness (QED) is 0.558. The molecule has 0 heterocycles. The van der Waals surface area contributed by atoms with Gasteiger partial charge < -0.3 is 10.5 Å². The second-order valence-electron chi connectivity index (χ2n) is 3.31. The lowest BCUT2D eigenvalue weighted by Gasteiger charge is -2.39. The van der Waals surface area contributed by atoms with Gasteiger partial charge in [0.25, 0.3) is 0 Å². The number of nitrogens with two attached hydrogens (primary N) is 1. The summed E-state index contributed by atoms with van der Waals surface area (Å²) in [5, 5.41) is 0. The van der Waals surface area contributed by atoms with E-state index in [0.717, 1.165) is 5.57 Å². The van der Waals surface area contributed by atoms with Crippen molar-refractivity contribution in [1.82, 2.24) is 0 Å². The van der Waals surface area contributed by atoms with Crippen LogP contribution >= 0.6 is 12.4 Å². The Labute approximate surface area is 84.7 Å². The number of esters is 1. The average molecular weight is 206 g/mol. The minimum atomic E-state index is -0.437. The largest absolute Gasteiger partial charge is 0.466 e. The van der Waals surface area contributed by atoms with Crippen molar-refractivity contribution in [1.29, 1.82) is 0 Å². The fourth-order valence-corrected chi connectivity index (χ4v) is 1.56. The van der Waals surface area contributed by atoms with Gasteiger partial charge in [-0.1, -0.05) is 12.2 Å². The molecule has 0 unspecified atom stereocenters. The number of hydrogen-bond donors (Lipinski definition) is 1. The van der Waals surface area contributed by atoms with Gasteiger partial charge in [-0.3, -0.25) is 4.79 Å². The molecule has 0 aliphatic heterocycles. The number of carbonyl (C=O) groups is 1. The Morgan fingerprint density at radius 3 is 2.54 bits per heavy atom. The topological polar surface area (TPSA) is 52.3 Å². The summed E-state index contributed by atoms with van der Waals surface area (Å²) in [4.78, 5) is 11.4. The molecule has 4 heteroatoms. The molecular formula is C9H16ClNO2. The lowest BCUT2D eigenvalue weighted by atomic mass is 9.66. The van der Waals surface area contributed by atoms with Crippen LogP contribution in [0.2, 0.25) is 0 Å². The van der Waals surface area contributed by atoms with E-state index in [1.807, 2.05) is 0 Å². The molecule has 1 aliphatic rings. The third-order valence-corrected chi connectivity index (χ3v) is 2.28. The molecule has 0 saturated heterocycles. The zero-order chi connectivity index (χ0) is 9.19. The summed E-state index contributed by atoms with van der Waals surface area (Å²) in [6, 6.07) is 0. The molecule has 76 valence electrons. The fourth-order valence-electron chi connectivity index (χ4n) is 1.56. The molecule has 0 aromatic rings. The van der Waals surface area contributed by atoms with Crippen molar-refractivity contribution in [3.63, 3.8) is 0 Å². The molecular weight excluding hydrogens is 190 g/mol. The van der Waals surface area contributed by atoms with Gasteiger partial charge in [-0.15, -0.1) is 12.4 Å². The Morgan fingerprint density at radius 1 is 1.69 bits per heavy atom. The number of allylic oxidation sites excluding steroid dienone is 1. The standard InChI is InChI=1S/C9H15NO2.ClH/c1-3-12-8(11)9(6-10)4-7(2)5-9;/h2-6,10H2,1H3;1H. The minimum absolute atomic E-state index is 0. The van der Waals surface area contributed by atoms with E-state index in [1.54, 1.807) is 6.92 Å².